The molecule has 4 heteroatoms. The van der Waals surface area contributed by atoms with Gasteiger partial charge in [-0.05, 0) is 68.9 Å². The molecule has 3 saturated heterocycles. The van der Waals surface area contributed by atoms with E-state index in [0.29, 0.717) is 38.9 Å². The molecule has 3 aliphatic heterocycles. The summed E-state index contributed by atoms with van der Waals surface area (Å²) < 4.78 is 0. The summed E-state index contributed by atoms with van der Waals surface area (Å²) in [5, 5.41) is 0. The minimum absolute atomic E-state index is 0.00215. The van der Waals surface area contributed by atoms with Gasteiger partial charge in [-0.25, -0.2) is 0 Å². The maximum Gasteiger partial charge on any atom is 0.163 e. The highest BCUT2D eigenvalue weighted by Gasteiger charge is 2.77. The van der Waals surface area contributed by atoms with Crippen LogP contribution in [0.15, 0.2) is 72.8 Å². The lowest BCUT2D eigenvalue weighted by Gasteiger charge is -2.64. The van der Waals surface area contributed by atoms with Crippen LogP contribution < -0.4 is 0 Å². The highest BCUT2D eigenvalue weighted by atomic mass is 16.2. The molecule has 0 amide bonds. The summed E-state index contributed by atoms with van der Waals surface area (Å²) >= 11 is 0. The fraction of sp³-hybridized carbons (Fsp3) is 0.500. The molecule has 0 unspecified atom stereocenters. The summed E-state index contributed by atoms with van der Waals surface area (Å²) in [7, 11) is 0. The zero-order valence-corrected chi connectivity index (χ0v) is 29.3. The van der Waals surface area contributed by atoms with E-state index in [0.717, 1.165) is 16.7 Å². The summed E-state index contributed by atoms with van der Waals surface area (Å²) in [4.78, 5) is 47.2. The molecule has 4 fully saturated rings. The van der Waals surface area contributed by atoms with E-state index in [4.69, 9.17) is 0 Å². The first kappa shape index (κ1) is 32.6. The smallest absolute Gasteiger partial charge is 0.163 e. The van der Waals surface area contributed by atoms with Crippen molar-refractivity contribution in [3.8, 4) is 0 Å². The van der Waals surface area contributed by atoms with Crippen LogP contribution in [0, 0.1) is 16.2 Å². The maximum absolute atomic E-state index is 15.0. The standard InChI is InChI=1S/C42H51NO3/c1-37(2,3)31-16-10-28(11-17-31)22-40-25-43-26-41(34(40)44,23-29-12-18-32(19-13-29)38(4,5)6)36(46)42(27-43,35(40)45)24-30-14-20-33(21-15-30)39(7,8)9/h10-21H,22-27H2,1-9H3. The van der Waals surface area contributed by atoms with Gasteiger partial charge in [0.2, 0.25) is 0 Å². The fourth-order valence-corrected chi connectivity index (χ4v) is 8.49. The highest BCUT2D eigenvalue weighted by Crippen LogP contribution is 2.58. The highest BCUT2D eigenvalue weighted by molar-refractivity contribution is 6.33. The third kappa shape index (κ3) is 5.21. The van der Waals surface area contributed by atoms with E-state index in [1.807, 2.05) is 0 Å². The Morgan fingerprint density at radius 2 is 0.652 bits per heavy atom. The monoisotopic (exact) mass is 617 g/mol. The molecule has 1 aliphatic carbocycles. The van der Waals surface area contributed by atoms with Gasteiger partial charge < -0.3 is 0 Å². The molecular weight excluding hydrogens is 566 g/mol. The second kappa shape index (κ2) is 10.6. The van der Waals surface area contributed by atoms with Gasteiger partial charge >= 0.3 is 0 Å². The summed E-state index contributed by atoms with van der Waals surface area (Å²) in [6.07, 6.45) is 0.983. The van der Waals surface area contributed by atoms with Crippen molar-refractivity contribution in [1.29, 1.82) is 0 Å². The van der Waals surface area contributed by atoms with Crippen molar-refractivity contribution < 1.29 is 14.4 Å². The van der Waals surface area contributed by atoms with E-state index in [2.05, 4.69) is 140 Å². The molecule has 3 heterocycles. The van der Waals surface area contributed by atoms with Gasteiger partial charge in [0.05, 0.1) is 0 Å². The van der Waals surface area contributed by atoms with E-state index in [1.165, 1.54) is 16.7 Å². The lowest BCUT2D eigenvalue weighted by Crippen LogP contribution is -2.82. The number of rotatable bonds is 6. The Balaban J connectivity index is 1.44. The zero-order chi connectivity index (χ0) is 33.5. The summed E-state index contributed by atoms with van der Waals surface area (Å²) in [6.45, 7) is 20.8. The van der Waals surface area contributed by atoms with E-state index < -0.39 is 16.2 Å². The van der Waals surface area contributed by atoms with Gasteiger partial charge in [-0.15, -0.1) is 0 Å². The lowest BCUT2D eigenvalue weighted by molar-refractivity contribution is -0.192. The van der Waals surface area contributed by atoms with Crippen molar-refractivity contribution in [3.05, 3.63) is 106 Å². The predicted octanol–water partition coefficient (Wildman–Crippen LogP) is 7.62. The van der Waals surface area contributed by atoms with Crippen LogP contribution >= 0.6 is 0 Å². The fourth-order valence-electron chi connectivity index (χ4n) is 8.49. The third-order valence-electron chi connectivity index (χ3n) is 11.1. The summed E-state index contributed by atoms with van der Waals surface area (Å²) in [6, 6.07) is 25.2. The summed E-state index contributed by atoms with van der Waals surface area (Å²) in [5.41, 5.74) is 2.82. The topological polar surface area (TPSA) is 54.5 Å². The van der Waals surface area contributed by atoms with Gasteiger partial charge in [0.25, 0.3) is 0 Å². The Hall–Kier alpha value is -3.37. The Morgan fingerprint density at radius 3 is 0.848 bits per heavy atom. The van der Waals surface area contributed by atoms with Crippen LogP contribution in [-0.2, 0) is 49.9 Å². The molecule has 3 aromatic carbocycles. The SMILES string of the molecule is CC(C)(C)c1ccc(CC23CN4CC(Cc5ccc(C(C)(C)C)cc5)(C2=O)C(=O)C(Cc2ccc(C(C)(C)C)cc2)(C4)C3=O)cc1. The van der Waals surface area contributed by atoms with Crippen molar-refractivity contribution >= 4 is 17.3 Å². The molecular formula is C42H51NO3. The second-order valence-corrected chi connectivity index (χ2v) is 17.7. The first-order valence-electron chi connectivity index (χ1n) is 17.0. The van der Waals surface area contributed by atoms with Crippen LogP contribution in [-0.4, -0.2) is 41.9 Å². The largest absolute Gasteiger partial charge is 0.299 e. The number of hydrogen-bond acceptors (Lipinski definition) is 4. The van der Waals surface area contributed by atoms with Crippen molar-refractivity contribution in [2.24, 2.45) is 16.2 Å². The Kier molecular flexibility index (Phi) is 7.48. The molecule has 4 aliphatic rings. The second-order valence-electron chi connectivity index (χ2n) is 17.7. The van der Waals surface area contributed by atoms with Gasteiger partial charge in [-0.2, -0.15) is 0 Å². The molecule has 0 radical (unpaired) electrons. The number of Topliss-reactive ketones (excluding diaryl/α,β-unsaturated/α-hetero) is 3. The predicted molar refractivity (Wildman–Crippen MR) is 185 cm³/mol. The van der Waals surface area contributed by atoms with Crippen LogP contribution in [0.25, 0.3) is 0 Å². The van der Waals surface area contributed by atoms with Gasteiger partial charge in [-0.3, -0.25) is 19.3 Å². The van der Waals surface area contributed by atoms with Crippen molar-refractivity contribution in [1.82, 2.24) is 4.90 Å². The Bertz CT molecular complexity index is 1450. The van der Waals surface area contributed by atoms with Crippen LogP contribution in [0.1, 0.15) is 95.7 Å². The van der Waals surface area contributed by atoms with Crippen molar-refractivity contribution in [2.75, 3.05) is 19.6 Å². The van der Waals surface area contributed by atoms with E-state index in [-0.39, 0.29) is 33.6 Å². The molecule has 0 N–H and O–H groups in total. The van der Waals surface area contributed by atoms with Crippen molar-refractivity contribution in [3.63, 3.8) is 0 Å². The number of piperidine rings is 3. The Labute approximate surface area is 276 Å². The number of carbonyl (C=O) groups is 3. The van der Waals surface area contributed by atoms with Crippen molar-refractivity contribution in [2.45, 2.75) is 97.8 Å². The van der Waals surface area contributed by atoms with Gasteiger partial charge in [0.1, 0.15) is 16.2 Å². The minimum atomic E-state index is -1.25. The van der Waals surface area contributed by atoms with Crippen LogP contribution in [0.2, 0.25) is 0 Å². The molecule has 7 rings (SSSR count). The normalized spacial score (nSPS) is 27.8. The van der Waals surface area contributed by atoms with Crippen LogP contribution in [0.4, 0.5) is 0 Å². The molecule has 4 nitrogen and oxygen atoms in total. The van der Waals surface area contributed by atoms with E-state index in [1.54, 1.807) is 0 Å². The van der Waals surface area contributed by atoms with Gasteiger partial charge in [-0.1, -0.05) is 135 Å². The average molecular weight is 618 g/mol. The third-order valence-corrected chi connectivity index (χ3v) is 11.1. The number of carbonyl (C=O) groups excluding carboxylic acids is 3. The lowest BCUT2D eigenvalue weighted by atomic mass is 9.42. The molecule has 1 saturated carbocycles. The van der Waals surface area contributed by atoms with Crippen LogP contribution in [0.3, 0.4) is 0 Å². The zero-order valence-electron chi connectivity index (χ0n) is 29.3. The first-order valence-corrected chi connectivity index (χ1v) is 17.0. The van der Waals surface area contributed by atoms with E-state index in [9.17, 15) is 14.4 Å². The van der Waals surface area contributed by atoms with Crippen LogP contribution in [0.5, 0.6) is 0 Å². The van der Waals surface area contributed by atoms with Gasteiger partial charge in [0.15, 0.2) is 17.3 Å². The number of benzene rings is 3. The quantitative estimate of drug-likeness (QED) is 0.267. The van der Waals surface area contributed by atoms with E-state index >= 15 is 0 Å². The first-order chi connectivity index (χ1) is 21.3. The van der Waals surface area contributed by atoms with Gasteiger partial charge in [0, 0.05) is 19.6 Å². The molecule has 242 valence electrons. The molecule has 0 spiro atoms. The number of ketones is 3. The summed E-state index contributed by atoms with van der Waals surface area (Å²) in [5.74, 6) is -0.488. The molecule has 0 atom stereocenters. The molecule has 0 aromatic heterocycles. The molecule has 46 heavy (non-hydrogen) atoms. The molecule has 3 aromatic rings. The minimum Gasteiger partial charge on any atom is -0.299 e. The number of hydrogen-bond donors (Lipinski definition) is 0. The average Bonchev–Trinajstić information content (AvgIpc) is 2.97. The molecule has 4 bridgehead atoms. The maximum atomic E-state index is 15.0. The Morgan fingerprint density at radius 1 is 0.435 bits per heavy atom. The number of nitrogens with zero attached hydrogens (tertiary/aromatic N) is 1.